The number of ketones is 1. The molecular formula is C14H18I3OV. The second-order valence-corrected chi connectivity index (χ2v) is 40.2. The van der Waals surface area contributed by atoms with E-state index in [0.29, 0.717) is 12.2 Å². The first-order chi connectivity index (χ1) is 8.75. The molecule has 0 saturated heterocycles. The van der Waals surface area contributed by atoms with Crippen LogP contribution in [0.4, 0.5) is 0 Å². The van der Waals surface area contributed by atoms with Gasteiger partial charge >= 0.3 is 64.9 Å². The Bertz CT molecular complexity index is 495. The van der Waals surface area contributed by atoms with E-state index in [1.54, 1.807) is 0 Å². The zero-order valence-electron chi connectivity index (χ0n) is 11.6. The molecule has 0 saturated carbocycles. The fraction of sp³-hybridized carbons (Fsp3) is 0.500. The van der Waals surface area contributed by atoms with Crippen LogP contribution in [0.5, 0.6) is 0 Å². The fourth-order valence-corrected chi connectivity index (χ4v) is 2.60. The van der Waals surface area contributed by atoms with Crippen LogP contribution in [-0.2, 0) is 22.6 Å². The summed E-state index contributed by atoms with van der Waals surface area (Å²) in [5.74, 6) is 0.397. The average molecular weight is 634 g/mol. The van der Waals surface area contributed by atoms with Crippen LogP contribution in [0.2, 0.25) is 0 Å². The molecule has 0 fully saturated rings. The molecule has 1 aromatic carbocycles. The van der Waals surface area contributed by atoms with E-state index in [-0.39, 0.29) is 4.92 Å². The van der Waals surface area contributed by atoms with Crippen LogP contribution in [0.3, 0.4) is 0 Å². The van der Waals surface area contributed by atoms with Gasteiger partial charge in [0.05, 0.1) is 0 Å². The van der Waals surface area contributed by atoms with Gasteiger partial charge in [0, 0.05) is 12.8 Å². The van der Waals surface area contributed by atoms with Crippen LogP contribution >= 0.6 is 59.9 Å². The van der Waals surface area contributed by atoms with E-state index in [1.807, 2.05) is 0 Å². The third-order valence-electron chi connectivity index (χ3n) is 3.98. The number of Topliss-reactive ketones (excluding diaryl/α,β-unsaturated/α-hetero) is 1. The molecule has 19 heavy (non-hydrogen) atoms. The molecule has 0 atom stereocenters. The first-order valence-electron chi connectivity index (χ1n) is 6.13. The molecule has 0 aromatic heterocycles. The van der Waals surface area contributed by atoms with Gasteiger partial charge in [-0.25, -0.2) is 0 Å². The minimum absolute atomic E-state index is 0.278. The molecule has 0 bridgehead atoms. The SMILES string of the molecule is Cc1c(C)c(C)c2c(c1C)CCC(=O)C2.[I][V]([I])[I]. The summed E-state index contributed by atoms with van der Waals surface area (Å²) in [6, 6.07) is 0. The zero-order chi connectivity index (χ0) is 14.7. The van der Waals surface area contributed by atoms with Crippen LogP contribution in [0.1, 0.15) is 39.8 Å². The summed E-state index contributed by atoms with van der Waals surface area (Å²) in [4.78, 5) is 11.2. The Morgan fingerprint density at radius 3 is 1.68 bits per heavy atom. The summed E-state index contributed by atoms with van der Waals surface area (Å²) in [6.07, 6.45) is 2.33. The predicted molar refractivity (Wildman–Crippen MR) is 104 cm³/mol. The quantitative estimate of drug-likeness (QED) is 0.339. The van der Waals surface area contributed by atoms with E-state index in [1.165, 1.54) is 33.4 Å². The standard InChI is InChI=1S/C14H18O.3HI.V/c1-8-9(2)11(4)14-7-12(15)5-6-13(14)10(8)3;;;;/h5-7H2,1-4H3;3*1H;/q;;;;+3/p-3. The average Bonchev–Trinajstić information content (AvgIpc) is 2.33. The topological polar surface area (TPSA) is 17.1 Å². The van der Waals surface area contributed by atoms with Crippen molar-refractivity contribution in [2.45, 2.75) is 47.0 Å². The van der Waals surface area contributed by atoms with Gasteiger partial charge in [0.25, 0.3) is 0 Å². The number of carbonyl (C=O) groups excluding carboxylic acids is 1. The van der Waals surface area contributed by atoms with Gasteiger partial charge in [0.2, 0.25) is 0 Å². The van der Waals surface area contributed by atoms with Crippen molar-refractivity contribution in [2.24, 2.45) is 0 Å². The van der Waals surface area contributed by atoms with Gasteiger partial charge in [-0.3, -0.25) is 4.79 Å². The van der Waals surface area contributed by atoms with E-state index in [2.05, 4.69) is 87.6 Å². The number of benzene rings is 1. The molecule has 1 nitrogen and oxygen atoms in total. The number of fused-ring (bicyclic) bond motifs is 1. The Morgan fingerprint density at radius 1 is 0.789 bits per heavy atom. The maximum atomic E-state index is 11.5. The van der Waals surface area contributed by atoms with Crippen molar-refractivity contribution in [2.75, 3.05) is 0 Å². The maximum absolute atomic E-state index is 11.5. The molecular weight excluding hydrogens is 616 g/mol. The van der Waals surface area contributed by atoms with Gasteiger partial charge in [0.15, 0.2) is 0 Å². The Kier molecular flexibility index (Phi) is 8.21. The van der Waals surface area contributed by atoms with E-state index in [9.17, 15) is 4.79 Å². The summed E-state index contributed by atoms with van der Waals surface area (Å²) in [6.45, 7) is 8.70. The van der Waals surface area contributed by atoms with Crippen LogP contribution in [0.15, 0.2) is 0 Å². The molecule has 1 aliphatic rings. The van der Waals surface area contributed by atoms with Gasteiger partial charge in [-0.2, -0.15) is 0 Å². The molecule has 0 radical (unpaired) electrons. The summed E-state index contributed by atoms with van der Waals surface area (Å²) in [5, 5.41) is 0. The van der Waals surface area contributed by atoms with E-state index in [0.717, 1.165) is 12.8 Å². The molecule has 0 spiro atoms. The van der Waals surface area contributed by atoms with Gasteiger partial charge in [-0.05, 0) is 67.5 Å². The van der Waals surface area contributed by atoms with E-state index < -0.39 is 0 Å². The van der Waals surface area contributed by atoms with E-state index >= 15 is 0 Å². The molecule has 0 heterocycles. The monoisotopic (exact) mass is 634 g/mol. The van der Waals surface area contributed by atoms with Gasteiger partial charge in [-0.15, -0.1) is 0 Å². The Balaban J connectivity index is 0.000000399. The zero-order valence-corrected chi connectivity index (χ0v) is 19.5. The molecule has 5 heteroatoms. The van der Waals surface area contributed by atoms with Crippen LogP contribution in [0, 0.1) is 27.7 Å². The second-order valence-electron chi connectivity index (χ2n) is 4.86. The summed E-state index contributed by atoms with van der Waals surface area (Å²) in [7, 11) is 0. The number of carbonyl (C=O) groups is 1. The fourth-order valence-electron chi connectivity index (χ4n) is 2.60. The van der Waals surface area contributed by atoms with Crippen molar-refractivity contribution in [3.05, 3.63) is 33.4 Å². The molecule has 1 aromatic rings. The summed E-state index contributed by atoms with van der Waals surface area (Å²) < 4.78 is 0. The van der Waals surface area contributed by atoms with Crippen molar-refractivity contribution in [3.8, 4) is 0 Å². The van der Waals surface area contributed by atoms with Crippen molar-refractivity contribution in [1.29, 1.82) is 0 Å². The second kappa shape index (κ2) is 8.34. The Morgan fingerprint density at radius 2 is 1.21 bits per heavy atom. The Hall–Kier alpha value is 1.66. The molecule has 106 valence electrons. The first kappa shape index (κ1) is 18.7. The molecule has 2 rings (SSSR count). The molecule has 0 N–H and O–H groups in total. The van der Waals surface area contributed by atoms with Gasteiger partial charge in [0.1, 0.15) is 5.78 Å². The number of hydrogen-bond acceptors (Lipinski definition) is 1. The summed E-state index contributed by atoms with van der Waals surface area (Å²) >= 11 is 7.39. The number of halogens is 3. The van der Waals surface area contributed by atoms with Crippen molar-refractivity contribution in [1.82, 2.24) is 0 Å². The third-order valence-corrected chi connectivity index (χ3v) is 3.98. The van der Waals surface area contributed by atoms with Crippen molar-refractivity contribution < 1.29 is 9.72 Å². The normalized spacial score (nSPS) is 14.0. The molecule has 1 aliphatic carbocycles. The van der Waals surface area contributed by atoms with Crippen LogP contribution in [0.25, 0.3) is 0 Å². The molecule has 0 unspecified atom stereocenters. The predicted octanol–water partition coefficient (Wildman–Crippen LogP) is 5.63. The van der Waals surface area contributed by atoms with Crippen molar-refractivity contribution >= 4 is 65.7 Å². The van der Waals surface area contributed by atoms with Crippen LogP contribution in [-0.4, -0.2) is 5.78 Å². The Labute approximate surface area is 153 Å². The number of hydrogen-bond donors (Lipinski definition) is 0. The van der Waals surface area contributed by atoms with Gasteiger partial charge in [-0.1, -0.05) is 0 Å². The number of rotatable bonds is 0. The van der Waals surface area contributed by atoms with Gasteiger partial charge < -0.3 is 0 Å². The summed E-state index contributed by atoms with van der Waals surface area (Å²) in [5.41, 5.74) is 8.25. The third kappa shape index (κ3) is 5.11. The first-order valence-corrected chi connectivity index (χ1v) is 19.6. The molecule has 0 amide bonds. The minimum atomic E-state index is -0.278. The van der Waals surface area contributed by atoms with Crippen molar-refractivity contribution in [3.63, 3.8) is 0 Å². The van der Waals surface area contributed by atoms with E-state index in [4.69, 9.17) is 0 Å². The van der Waals surface area contributed by atoms with Crippen LogP contribution < -0.4 is 0 Å². The molecule has 0 aliphatic heterocycles.